The second kappa shape index (κ2) is 4.12. The van der Waals surface area contributed by atoms with E-state index in [0.29, 0.717) is 18.4 Å². The minimum Gasteiger partial charge on any atom is -0.444 e. The molecule has 19 heavy (non-hydrogen) atoms. The van der Waals surface area contributed by atoms with E-state index >= 15 is 0 Å². The number of hydrogen-bond donors (Lipinski definition) is 1. The van der Waals surface area contributed by atoms with Crippen molar-refractivity contribution in [2.45, 2.75) is 27.3 Å². The fourth-order valence-corrected chi connectivity index (χ4v) is 2.21. The highest BCUT2D eigenvalue weighted by Gasteiger charge is 2.13. The summed E-state index contributed by atoms with van der Waals surface area (Å²) in [6, 6.07) is 6.04. The highest BCUT2D eigenvalue weighted by molar-refractivity contribution is 5.81. The molecule has 0 atom stereocenters. The Hall–Kier alpha value is -2.30. The first kappa shape index (κ1) is 11.8. The molecule has 2 N–H and O–H groups in total. The van der Waals surface area contributed by atoms with Gasteiger partial charge in [-0.1, -0.05) is 12.1 Å². The number of oxazole rings is 1. The van der Waals surface area contributed by atoms with Gasteiger partial charge in [-0.25, -0.2) is 9.97 Å². The molecule has 5 nitrogen and oxygen atoms in total. The molecule has 0 unspecified atom stereocenters. The summed E-state index contributed by atoms with van der Waals surface area (Å²) < 4.78 is 7.53. The molecule has 1 aromatic carbocycles. The maximum atomic E-state index is 6.00. The fourth-order valence-electron chi connectivity index (χ4n) is 2.21. The van der Waals surface area contributed by atoms with Crippen LogP contribution in [-0.2, 0) is 6.54 Å². The molecule has 0 radical (unpaired) electrons. The van der Waals surface area contributed by atoms with Crippen LogP contribution in [0.15, 0.2) is 22.6 Å². The standard InChI is InChI=1S/C14H16N4O/c1-8-5-4-6-11-13(8)17-14(15)18(11)7-12-16-9(2)10(3)19-12/h4-6H,7H2,1-3H3,(H2,15,17). The van der Waals surface area contributed by atoms with Crippen LogP contribution < -0.4 is 5.73 Å². The van der Waals surface area contributed by atoms with Gasteiger partial charge >= 0.3 is 0 Å². The van der Waals surface area contributed by atoms with Crippen LogP contribution in [-0.4, -0.2) is 14.5 Å². The van der Waals surface area contributed by atoms with E-state index in [1.165, 1.54) is 0 Å². The molecule has 0 bridgehead atoms. The van der Waals surface area contributed by atoms with Gasteiger partial charge in [-0.3, -0.25) is 0 Å². The van der Waals surface area contributed by atoms with Crippen LogP contribution in [0, 0.1) is 20.8 Å². The number of anilines is 1. The fraction of sp³-hybridized carbons (Fsp3) is 0.286. The first-order valence-corrected chi connectivity index (χ1v) is 6.20. The number of imidazole rings is 1. The van der Waals surface area contributed by atoms with E-state index in [1.54, 1.807) is 0 Å². The number of aromatic nitrogens is 3. The molecular formula is C14H16N4O. The second-order valence-electron chi connectivity index (χ2n) is 4.75. The molecule has 0 fully saturated rings. The first-order valence-electron chi connectivity index (χ1n) is 6.20. The van der Waals surface area contributed by atoms with Crippen molar-refractivity contribution < 1.29 is 4.42 Å². The van der Waals surface area contributed by atoms with E-state index in [1.807, 2.05) is 43.5 Å². The van der Waals surface area contributed by atoms with Gasteiger partial charge in [0.1, 0.15) is 12.3 Å². The van der Waals surface area contributed by atoms with Crippen molar-refractivity contribution in [3.05, 3.63) is 41.1 Å². The van der Waals surface area contributed by atoms with Crippen LogP contribution in [0.5, 0.6) is 0 Å². The molecule has 5 heteroatoms. The topological polar surface area (TPSA) is 69.9 Å². The lowest BCUT2D eigenvalue weighted by Gasteiger charge is -2.03. The van der Waals surface area contributed by atoms with Gasteiger partial charge in [0.15, 0.2) is 0 Å². The third-order valence-corrected chi connectivity index (χ3v) is 3.38. The summed E-state index contributed by atoms with van der Waals surface area (Å²) in [4.78, 5) is 8.79. The molecule has 3 rings (SSSR count). The van der Waals surface area contributed by atoms with Crippen molar-refractivity contribution in [2.24, 2.45) is 0 Å². The maximum absolute atomic E-state index is 6.00. The van der Waals surface area contributed by atoms with Gasteiger partial charge in [0.05, 0.1) is 16.7 Å². The monoisotopic (exact) mass is 256 g/mol. The molecule has 0 amide bonds. The predicted octanol–water partition coefficient (Wildman–Crippen LogP) is 2.58. The summed E-state index contributed by atoms with van der Waals surface area (Å²) in [6.07, 6.45) is 0. The number of rotatable bonds is 2. The van der Waals surface area contributed by atoms with Crippen LogP contribution in [0.4, 0.5) is 5.95 Å². The summed E-state index contributed by atoms with van der Waals surface area (Å²) in [5.41, 5.74) is 9.96. The van der Waals surface area contributed by atoms with Crippen LogP contribution >= 0.6 is 0 Å². The zero-order chi connectivity index (χ0) is 13.6. The molecule has 0 saturated carbocycles. The van der Waals surface area contributed by atoms with E-state index in [4.69, 9.17) is 10.2 Å². The molecular weight excluding hydrogens is 240 g/mol. The average Bonchev–Trinajstić information content (AvgIpc) is 2.84. The Morgan fingerprint density at radius 2 is 2.00 bits per heavy atom. The van der Waals surface area contributed by atoms with E-state index in [2.05, 4.69) is 9.97 Å². The Morgan fingerprint density at radius 1 is 1.21 bits per heavy atom. The predicted molar refractivity (Wildman–Crippen MR) is 74.0 cm³/mol. The number of nitrogens with two attached hydrogens (primary N) is 1. The SMILES string of the molecule is Cc1nc(Cn2c(N)nc3c(C)cccc32)oc1C. The van der Waals surface area contributed by atoms with Crippen LogP contribution in [0.25, 0.3) is 11.0 Å². The zero-order valence-electron chi connectivity index (χ0n) is 11.3. The smallest absolute Gasteiger partial charge is 0.214 e. The molecule has 0 aliphatic heterocycles. The molecule has 0 spiro atoms. The van der Waals surface area contributed by atoms with Gasteiger partial charge in [0.25, 0.3) is 0 Å². The van der Waals surface area contributed by atoms with E-state index in [9.17, 15) is 0 Å². The Bertz CT molecular complexity index is 735. The molecule has 2 heterocycles. The van der Waals surface area contributed by atoms with Crippen LogP contribution in [0.2, 0.25) is 0 Å². The first-order chi connectivity index (χ1) is 9.06. The minimum absolute atomic E-state index is 0.484. The van der Waals surface area contributed by atoms with Gasteiger partial charge < -0.3 is 14.7 Å². The molecule has 0 aliphatic rings. The number of fused-ring (bicyclic) bond motifs is 1. The van der Waals surface area contributed by atoms with Gasteiger partial charge in [0.2, 0.25) is 11.8 Å². The Labute approximate surface area is 111 Å². The summed E-state index contributed by atoms with van der Waals surface area (Å²) in [7, 11) is 0. The minimum atomic E-state index is 0.484. The summed E-state index contributed by atoms with van der Waals surface area (Å²) in [5, 5.41) is 0. The van der Waals surface area contributed by atoms with Gasteiger partial charge in [-0.05, 0) is 32.4 Å². The Kier molecular flexibility index (Phi) is 2.55. The van der Waals surface area contributed by atoms with Crippen molar-refractivity contribution in [2.75, 3.05) is 5.73 Å². The van der Waals surface area contributed by atoms with Gasteiger partial charge in [-0.2, -0.15) is 0 Å². The largest absolute Gasteiger partial charge is 0.444 e. The number of aryl methyl sites for hydroxylation is 3. The quantitative estimate of drug-likeness (QED) is 0.765. The summed E-state index contributed by atoms with van der Waals surface area (Å²) in [5.74, 6) is 1.98. The molecule has 98 valence electrons. The lowest BCUT2D eigenvalue weighted by molar-refractivity contribution is 0.460. The van der Waals surface area contributed by atoms with Crippen molar-refractivity contribution in [3.63, 3.8) is 0 Å². The average molecular weight is 256 g/mol. The molecule has 3 aromatic rings. The number of nitrogens with zero attached hydrogens (tertiary/aromatic N) is 3. The van der Waals surface area contributed by atoms with Crippen molar-refractivity contribution in [3.8, 4) is 0 Å². The van der Waals surface area contributed by atoms with Gasteiger partial charge in [-0.15, -0.1) is 0 Å². The molecule has 2 aromatic heterocycles. The van der Waals surface area contributed by atoms with Crippen molar-refractivity contribution in [1.29, 1.82) is 0 Å². The van der Waals surface area contributed by atoms with Crippen molar-refractivity contribution >= 4 is 17.0 Å². The second-order valence-corrected chi connectivity index (χ2v) is 4.75. The number of benzene rings is 1. The highest BCUT2D eigenvalue weighted by Crippen LogP contribution is 2.22. The Morgan fingerprint density at radius 3 is 2.68 bits per heavy atom. The molecule has 0 saturated heterocycles. The van der Waals surface area contributed by atoms with E-state index in [0.717, 1.165) is 28.1 Å². The van der Waals surface area contributed by atoms with Gasteiger partial charge in [0, 0.05) is 0 Å². The van der Waals surface area contributed by atoms with Crippen LogP contribution in [0.3, 0.4) is 0 Å². The third-order valence-electron chi connectivity index (χ3n) is 3.38. The van der Waals surface area contributed by atoms with E-state index in [-0.39, 0.29) is 0 Å². The molecule has 0 aliphatic carbocycles. The van der Waals surface area contributed by atoms with Crippen molar-refractivity contribution in [1.82, 2.24) is 14.5 Å². The normalized spacial score (nSPS) is 11.3. The number of nitrogen functional groups attached to an aromatic ring is 1. The third kappa shape index (κ3) is 1.87. The lowest BCUT2D eigenvalue weighted by atomic mass is 10.2. The summed E-state index contributed by atoms with van der Waals surface area (Å²) in [6.45, 7) is 6.37. The number of hydrogen-bond acceptors (Lipinski definition) is 4. The van der Waals surface area contributed by atoms with E-state index < -0.39 is 0 Å². The van der Waals surface area contributed by atoms with Crippen LogP contribution in [0.1, 0.15) is 22.9 Å². The maximum Gasteiger partial charge on any atom is 0.214 e. The number of para-hydroxylation sites is 1. The Balaban J connectivity index is 2.10. The zero-order valence-corrected chi connectivity index (χ0v) is 11.3. The summed E-state index contributed by atoms with van der Waals surface area (Å²) >= 11 is 0. The highest BCUT2D eigenvalue weighted by atomic mass is 16.4. The lowest BCUT2D eigenvalue weighted by Crippen LogP contribution is -2.04.